The van der Waals surface area contributed by atoms with Crippen LogP contribution < -0.4 is 5.32 Å². The molecule has 9 heavy (non-hydrogen) atoms. The summed E-state index contributed by atoms with van der Waals surface area (Å²) in [5.74, 6) is 0. The third-order valence-electron chi connectivity index (χ3n) is 1.75. The lowest BCUT2D eigenvalue weighted by atomic mass is 10.1. The average molecular weight is 148 g/mol. The van der Waals surface area contributed by atoms with Crippen LogP contribution in [0.5, 0.6) is 0 Å². The first-order valence-electron chi connectivity index (χ1n) is 3.77. The van der Waals surface area contributed by atoms with Gasteiger partial charge in [-0.3, -0.25) is 0 Å². The van der Waals surface area contributed by atoms with Gasteiger partial charge in [0, 0.05) is 0 Å². The van der Waals surface area contributed by atoms with Crippen LogP contribution in [0.4, 0.5) is 0 Å². The molecule has 1 saturated heterocycles. The molecule has 1 rings (SSSR count). The van der Waals surface area contributed by atoms with E-state index >= 15 is 0 Å². The third-order valence-corrected chi connectivity index (χ3v) is 2.12. The van der Waals surface area contributed by atoms with Crippen molar-refractivity contribution >= 4 is 11.6 Å². The Hall–Kier alpha value is 0.250. The Kier molecular flexibility index (Phi) is 3.37. The Bertz CT molecular complexity index is 67.3. The molecule has 1 nitrogen and oxygen atoms in total. The van der Waals surface area contributed by atoms with Gasteiger partial charge in [0.25, 0.3) is 0 Å². The summed E-state index contributed by atoms with van der Waals surface area (Å²) in [6, 6.07) is 0. The molecule has 1 atom stereocenters. The van der Waals surface area contributed by atoms with Gasteiger partial charge < -0.3 is 5.32 Å². The van der Waals surface area contributed by atoms with Crippen LogP contribution in [0.15, 0.2) is 0 Å². The standard InChI is InChI=1S/C7H14ClN/c8-7-5-3-1-2-4-6-9-7/h7,9H,1-6H2. The van der Waals surface area contributed by atoms with Crippen LogP contribution in [-0.2, 0) is 0 Å². The molecule has 0 aromatic rings. The summed E-state index contributed by atoms with van der Waals surface area (Å²) in [5, 5.41) is 3.25. The molecule has 0 aromatic heterocycles. The minimum absolute atomic E-state index is 0.241. The van der Waals surface area contributed by atoms with Gasteiger partial charge in [-0.15, -0.1) is 11.6 Å². The molecular weight excluding hydrogens is 134 g/mol. The van der Waals surface area contributed by atoms with Gasteiger partial charge in [0.1, 0.15) is 0 Å². The van der Waals surface area contributed by atoms with Crippen molar-refractivity contribution in [2.45, 2.75) is 37.6 Å². The zero-order chi connectivity index (χ0) is 6.53. The summed E-state index contributed by atoms with van der Waals surface area (Å²) in [6.45, 7) is 1.11. The highest BCUT2D eigenvalue weighted by atomic mass is 35.5. The summed E-state index contributed by atoms with van der Waals surface area (Å²) in [7, 11) is 0. The molecule has 2 heteroatoms. The maximum atomic E-state index is 5.88. The molecule has 0 aliphatic carbocycles. The highest BCUT2D eigenvalue weighted by Crippen LogP contribution is 2.10. The molecule has 54 valence electrons. The van der Waals surface area contributed by atoms with Crippen molar-refractivity contribution in [3.63, 3.8) is 0 Å². The van der Waals surface area contributed by atoms with Crippen LogP contribution in [0.25, 0.3) is 0 Å². The number of rotatable bonds is 0. The second-order valence-electron chi connectivity index (χ2n) is 2.62. The lowest BCUT2D eigenvalue weighted by Gasteiger charge is -2.14. The third kappa shape index (κ3) is 3.07. The van der Waals surface area contributed by atoms with Crippen molar-refractivity contribution < 1.29 is 0 Å². The van der Waals surface area contributed by atoms with Gasteiger partial charge in [-0.1, -0.05) is 19.3 Å². The molecule has 0 spiro atoms. The first kappa shape index (κ1) is 7.36. The minimum atomic E-state index is 0.241. The molecular formula is C7H14ClN. The van der Waals surface area contributed by atoms with Crippen molar-refractivity contribution in [2.75, 3.05) is 6.54 Å². The van der Waals surface area contributed by atoms with E-state index in [9.17, 15) is 0 Å². The van der Waals surface area contributed by atoms with E-state index in [1.54, 1.807) is 0 Å². The van der Waals surface area contributed by atoms with Gasteiger partial charge >= 0.3 is 0 Å². The van der Waals surface area contributed by atoms with E-state index in [1.807, 2.05) is 0 Å². The molecule has 0 saturated carbocycles. The number of hydrogen-bond acceptors (Lipinski definition) is 1. The summed E-state index contributed by atoms with van der Waals surface area (Å²) in [5.41, 5.74) is 0.241. The van der Waals surface area contributed by atoms with Crippen molar-refractivity contribution in [2.24, 2.45) is 0 Å². The predicted octanol–water partition coefficient (Wildman–Crippen LogP) is 2.10. The maximum absolute atomic E-state index is 5.88. The normalized spacial score (nSPS) is 31.0. The van der Waals surface area contributed by atoms with Gasteiger partial charge in [-0.05, 0) is 19.4 Å². The van der Waals surface area contributed by atoms with Crippen molar-refractivity contribution in [3.8, 4) is 0 Å². The Morgan fingerprint density at radius 1 is 1.11 bits per heavy atom. The first-order valence-corrected chi connectivity index (χ1v) is 4.21. The van der Waals surface area contributed by atoms with E-state index in [0.717, 1.165) is 13.0 Å². The fourth-order valence-corrected chi connectivity index (χ4v) is 1.43. The fourth-order valence-electron chi connectivity index (χ4n) is 1.16. The molecule has 0 amide bonds. The molecule has 1 heterocycles. The fraction of sp³-hybridized carbons (Fsp3) is 1.00. The van der Waals surface area contributed by atoms with Crippen LogP contribution in [0.1, 0.15) is 32.1 Å². The van der Waals surface area contributed by atoms with Crippen molar-refractivity contribution in [1.82, 2.24) is 5.32 Å². The van der Waals surface area contributed by atoms with Crippen LogP contribution in [0.2, 0.25) is 0 Å². The first-order chi connectivity index (χ1) is 4.39. The van der Waals surface area contributed by atoms with Gasteiger partial charge in [0.15, 0.2) is 0 Å². The van der Waals surface area contributed by atoms with Crippen LogP contribution in [0.3, 0.4) is 0 Å². The molecule has 0 aromatic carbocycles. The van der Waals surface area contributed by atoms with E-state index in [4.69, 9.17) is 11.6 Å². The van der Waals surface area contributed by atoms with Gasteiger partial charge in [-0.25, -0.2) is 0 Å². The second-order valence-corrected chi connectivity index (χ2v) is 3.15. The molecule has 0 radical (unpaired) electrons. The number of halogens is 1. The van der Waals surface area contributed by atoms with Crippen molar-refractivity contribution in [1.29, 1.82) is 0 Å². The lowest BCUT2D eigenvalue weighted by Crippen LogP contribution is -2.26. The Balaban J connectivity index is 2.12. The lowest BCUT2D eigenvalue weighted by molar-refractivity contribution is 0.490. The molecule has 1 N–H and O–H groups in total. The van der Waals surface area contributed by atoms with E-state index < -0.39 is 0 Å². The average Bonchev–Trinajstić information content (AvgIpc) is 1.79. The van der Waals surface area contributed by atoms with Gasteiger partial charge in [-0.2, -0.15) is 0 Å². The second kappa shape index (κ2) is 4.13. The van der Waals surface area contributed by atoms with Gasteiger partial charge in [0.2, 0.25) is 0 Å². The highest BCUT2D eigenvalue weighted by Gasteiger charge is 2.04. The maximum Gasteiger partial charge on any atom is 0.0825 e. The van der Waals surface area contributed by atoms with E-state index in [-0.39, 0.29) is 5.50 Å². The summed E-state index contributed by atoms with van der Waals surface area (Å²) >= 11 is 5.88. The smallest absolute Gasteiger partial charge is 0.0825 e. The van der Waals surface area contributed by atoms with E-state index in [2.05, 4.69) is 5.32 Å². The Labute approximate surface area is 61.8 Å². The van der Waals surface area contributed by atoms with Crippen LogP contribution in [0, 0.1) is 0 Å². The van der Waals surface area contributed by atoms with Gasteiger partial charge in [0.05, 0.1) is 5.50 Å². The largest absolute Gasteiger partial charge is 0.301 e. The monoisotopic (exact) mass is 147 g/mol. The molecule has 1 fully saturated rings. The zero-order valence-electron chi connectivity index (χ0n) is 5.70. The Morgan fingerprint density at radius 3 is 2.78 bits per heavy atom. The number of alkyl halides is 1. The molecule has 1 aliphatic rings. The summed E-state index contributed by atoms with van der Waals surface area (Å²) in [6.07, 6.45) is 6.47. The summed E-state index contributed by atoms with van der Waals surface area (Å²) < 4.78 is 0. The number of nitrogens with one attached hydrogen (secondary N) is 1. The quantitative estimate of drug-likeness (QED) is 0.409. The van der Waals surface area contributed by atoms with Crippen LogP contribution in [-0.4, -0.2) is 12.0 Å². The zero-order valence-corrected chi connectivity index (χ0v) is 6.45. The van der Waals surface area contributed by atoms with E-state index in [0.29, 0.717) is 0 Å². The van der Waals surface area contributed by atoms with Crippen molar-refractivity contribution in [3.05, 3.63) is 0 Å². The SMILES string of the molecule is ClC1CCCCCCN1. The molecule has 0 bridgehead atoms. The predicted molar refractivity (Wildman–Crippen MR) is 40.7 cm³/mol. The van der Waals surface area contributed by atoms with Crippen LogP contribution >= 0.6 is 11.6 Å². The summed E-state index contributed by atoms with van der Waals surface area (Å²) in [4.78, 5) is 0. The van der Waals surface area contributed by atoms with E-state index in [1.165, 1.54) is 25.7 Å². The number of hydrogen-bond donors (Lipinski definition) is 1. The highest BCUT2D eigenvalue weighted by molar-refractivity contribution is 6.20. The topological polar surface area (TPSA) is 12.0 Å². The molecule has 1 unspecified atom stereocenters. The Morgan fingerprint density at radius 2 is 1.89 bits per heavy atom. The molecule has 1 aliphatic heterocycles. The minimum Gasteiger partial charge on any atom is -0.301 e.